The van der Waals surface area contributed by atoms with E-state index in [9.17, 15) is 9.59 Å². The van der Waals surface area contributed by atoms with E-state index in [0.717, 1.165) is 23.4 Å². The van der Waals surface area contributed by atoms with Gasteiger partial charge in [0.05, 0.1) is 12.1 Å². The van der Waals surface area contributed by atoms with Crippen LogP contribution in [0.15, 0.2) is 12.4 Å². The summed E-state index contributed by atoms with van der Waals surface area (Å²) in [5, 5.41) is 16.3. The first-order chi connectivity index (χ1) is 11.5. The van der Waals surface area contributed by atoms with E-state index in [-0.39, 0.29) is 24.2 Å². The van der Waals surface area contributed by atoms with Crippen LogP contribution in [0.2, 0.25) is 0 Å². The molecule has 1 N–H and O–H groups in total. The Labute approximate surface area is 143 Å². The average Bonchev–Trinajstić information content (AvgIpc) is 3.24. The van der Waals surface area contributed by atoms with E-state index in [1.165, 1.54) is 11.3 Å². The average molecular weight is 348 g/mol. The molecule has 0 aromatic carbocycles. The molecule has 1 unspecified atom stereocenters. The number of amides is 2. The molecule has 0 aliphatic carbocycles. The van der Waals surface area contributed by atoms with Gasteiger partial charge in [-0.05, 0) is 25.3 Å². The fraction of sp³-hybridized carbons (Fsp3) is 0.533. The third kappa shape index (κ3) is 3.78. The van der Waals surface area contributed by atoms with Gasteiger partial charge in [-0.2, -0.15) is 5.10 Å². The van der Waals surface area contributed by atoms with Crippen LogP contribution in [-0.2, 0) is 23.1 Å². The summed E-state index contributed by atoms with van der Waals surface area (Å²) in [5.74, 6) is -0.458. The lowest BCUT2D eigenvalue weighted by Crippen LogP contribution is -2.33. The van der Waals surface area contributed by atoms with Gasteiger partial charge in [-0.15, -0.1) is 10.2 Å². The van der Waals surface area contributed by atoms with Crippen molar-refractivity contribution < 1.29 is 9.59 Å². The highest BCUT2D eigenvalue weighted by Gasteiger charge is 2.36. The van der Waals surface area contributed by atoms with Gasteiger partial charge >= 0.3 is 0 Å². The van der Waals surface area contributed by atoms with Crippen LogP contribution in [0.5, 0.6) is 0 Å². The summed E-state index contributed by atoms with van der Waals surface area (Å²) in [5.41, 5.74) is 1.15. The van der Waals surface area contributed by atoms with Crippen molar-refractivity contribution in [2.24, 2.45) is 13.0 Å². The van der Waals surface area contributed by atoms with E-state index in [4.69, 9.17) is 0 Å². The first-order valence-electron chi connectivity index (χ1n) is 7.88. The second-order valence-corrected chi connectivity index (χ2v) is 7.09. The molecule has 0 saturated carbocycles. The molecule has 128 valence electrons. The van der Waals surface area contributed by atoms with E-state index in [1.807, 2.05) is 26.4 Å². The Morgan fingerprint density at radius 2 is 2.29 bits per heavy atom. The summed E-state index contributed by atoms with van der Waals surface area (Å²) in [4.78, 5) is 25.9. The molecule has 1 atom stereocenters. The Balaban J connectivity index is 1.45. The summed E-state index contributed by atoms with van der Waals surface area (Å²) in [7, 11) is 1.88. The molecule has 9 heteroatoms. The molecule has 0 radical (unpaired) electrons. The minimum Gasteiger partial charge on any atom is -0.356 e. The second-order valence-electron chi connectivity index (χ2n) is 5.93. The first-order valence-corrected chi connectivity index (χ1v) is 8.70. The number of hydrogen-bond donors (Lipinski definition) is 1. The van der Waals surface area contributed by atoms with Gasteiger partial charge in [0.25, 0.3) is 0 Å². The normalized spacial score (nSPS) is 17.5. The van der Waals surface area contributed by atoms with Crippen LogP contribution >= 0.6 is 11.3 Å². The highest BCUT2D eigenvalue weighted by Crippen LogP contribution is 2.27. The maximum Gasteiger partial charge on any atom is 0.229 e. The van der Waals surface area contributed by atoms with E-state index in [1.54, 1.807) is 9.58 Å². The van der Waals surface area contributed by atoms with Crippen molar-refractivity contribution in [3.05, 3.63) is 23.0 Å². The molecule has 3 heterocycles. The van der Waals surface area contributed by atoms with Gasteiger partial charge in [-0.25, -0.2) is 0 Å². The number of nitrogens with zero attached hydrogens (tertiary/aromatic N) is 5. The molecule has 1 saturated heterocycles. The number of rotatable bonds is 6. The van der Waals surface area contributed by atoms with Gasteiger partial charge < -0.3 is 5.32 Å². The summed E-state index contributed by atoms with van der Waals surface area (Å²) in [6.45, 7) is 2.81. The van der Waals surface area contributed by atoms with E-state index >= 15 is 0 Å². The lowest BCUT2D eigenvalue weighted by molar-refractivity contribution is -0.126. The number of hydrogen-bond acceptors (Lipinski definition) is 6. The zero-order valence-electron chi connectivity index (χ0n) is 13.7. The number of aromatic nitrogens is 4. The van der Waals surface area contributed by atoms with Crippen molar-refractivity contribution in [3.63, 3.8) is 0 Å². The molecule has 8 nitrogen and oxygen atoms in total. The molecule has 3 rings (SSSR count). The molecule has 2 aromatic rings. The number of carbonyl (C=O) groups excluding carboxylic acids is 2. The SMILES string of the molecule is Cc1nnc(N2CC(C(=O)NCCCc3cnn(C)c3)CC2=O)s1. The van der Waals surface area contributed by atoms with Crippen LogP contribution in [-0.4, -0.2) is 44.9 Å². The molecular formula is C15H20N6O2S. The van der Waals surface area contributed by atoms with E-state index in [0.29, 0.717) is 18.2 Å². The Morgan fingerprint density at radius 3 is 2.96 bits per heavy atom. The van der Waals surface area contributed by atoms with Gasteiger partial charge in [0.1, 0.15) is 5.01 Å². The molecule has 0 spiro atoms. The largest absolute Gasteiger partial charge is 0.356 e. The molecule has 1 aliphatic rings. The Hall–Kier alpha value is -2.29. The summed E-state index contributed by atoms with van der Waals surface area (Å²) < 4.78 is 1.77. The minimum atomic E-state index is -0.319. The van der Waals surface area contributed by atoms with Crippen LogP contribution in [0.1, 0.15) is 23.4 Å². The predicted molar refractivity (Wildman–Crippen MR) is 89.6 cm³/mol. The molecule has 1 aliphatic heterocycles. The third-order valence-corrected chi connectivity index (χ3v) is 4.80. The van der Waals surface area contributed by atoms with E-state index < -0.39 is 0 Å². The van der Waals surface area contributed by atoms with Crippen molar-refractivity contribution in [2.45, 2.75) is 26.2 Å². The first kappa shape index (κ1) is 16.6. The summed E-state index contributed by atoms with van der Waals surface area (Å²) in [6.07, 6.45) is 5.75. The van der Waals surface area contributed by atoms with Crippen LogP contribution in [0.25, 0.3) is 0 Å². The molecule has 1 fully saturated rings. The lowest BCUT2D eigenvalue weighted by Gasteiger charge is -2.12. The number of nitrogens with one attached hydrogen (secondary N) is 1. The van der Waals surface area contributed by atoms with Crippen LogP contribution in [0, 0.1) is 12.8 Å². The lowest BCUT2D eigenvalue weighted by atomic mass is 10.1. The molecule has 0 bridgehead atoms. The zero-order chi connectivity index (χ0) is 17.1. The highest BCUT2D eigenvalue weighted by molar-refractivity contribution is 7.15. The standard InChI is InChI=1S/C15H20N6O2S/c1-10-18-19-15(24-10)21-9-12(6-13(21)22)14(23)16-5-3-4-11-7-17-20(2)8-11/h7-8,12H,3-6,9H2,1-2H3,(H,16,23). The number of carbonyl (C=O) groups is 2. The maximum absolute atomic E-state index is 12.2. The van der Waals surface area contributed by atoms with Crippen molar-refractivity contribution in [1.82, 2.24) is 25.3 Å². The Bertz CT molecular complexity index is 740. The maximum atomic E-state index is 12.2. The van der Waals surface area contributed by atoms with Crippen molar-refractivity contribution in [3.8, 4) is 0 Å². The minimum absolute atomic E-state index is 0.0679. The Kier molecular flexibility index (Phi) is 4.89. The Morgan fingerprint density at radius 1 is 1.46 bits per heavy atom. The van der Waals surface area contributed by atoms with Gasteiger partial charge in [0, 0.05) is 32.8 Å². The smallest absolute Gasteiger partial charge is 0.229 e. The molecule has 2 aromatic heterocycles. The molecule has 2 amide bonds. The third-order valence-electron chi connectivity index (χ3n) is 3.94. The van der Waals surface area contributed by atoms with E-state index in [2.05, 4.69) is 20.6 Å². The zero-order valence-corrected chi connectivity index (χ0v) is 14.5. The van der Waals surface area contributed by atoms with Gasteiger partial charge in [0.2, 0.25) is 16.9 Å². The fourth-order valence-corrected chi connectivity index (χ4v) is 3.43. The monoisotopic (exact) mass is 348 g/mol. The van der Waals surface area contributed by atoms with Crippen LogP contribution in [0.3, 0.4) is 0 Å². The van der Waals surface area contributed by atoms with Crippen molar-refractivity contribution >= 4 is 28.3 Å². The van der Waals surface area contributed by atoms with Crippen molar-refractivity contribution in [2.75, 3.05) is 18.0 Å². The molecule has 24 heavy (non-hydrogen) atoms. The summed E-state index contributed by atoms with van der Waals surface area (Å²) in [6, 6.07) is 0. The number of aryl methyl sites for hydroxylation is 3. The van der Waals surface area contributed by atoms with Crippen LogP contribution in [0.4, 0.5) is 5.13 Å². The van der Waals surface area contributed by atoms with Gasteiger partial charge in [-0.1, -0.05) is 11.3 Å². The molecular weight excluding hydrogens is 328 g/mol. The van der Waals surface area contributed by atoms with Gasteiger partial charge in [0.15, 0.2) is 0 Å². The van der Waals surface area contributed by atoms with Crippen LogP contribution < -0.4 is 10.2 Å². The second kappa shape index (κ2) is 7.08. The topological polar surface area (TPSA) is 93.0 Å². The van der Waals surface area contributed by atoms with Crippen molar-refractivity contribution in [1.29, 1.82) is 0 Å². The predicted octanol–water partition coefficient (Wildman–Crippen LogP) is 0.682. The fourth-order valence-electron chi connectivity index (χ4n) is 2.71. The summed E-state index contributed by atoms with van der Waals surface area (Å²) >= 11 is 1.37. The number of anilines is 1. The van der Waals surface area contributed by atoms with Gasteiger partial charge in [-0.3, -0.25) is 19.2 Å². The quantitative estimate of drug-likeness (QED) is 0.775. The highest BCUT2D eigenvalue weighted by atomic mass is 32.1.